The number of allylic oxidation sites excluding steroid dienone is 3. The summed E-state index contributed by atoms with van der Waals surface area (Å²) in [6.45, 7) is 7.13. The second-order valence-electron chi connectivity index (χ2n) is 6.10. The van der Waals surface area contributed by atoms with E-state index in [1.807, 2.05) is 33.2 Å². The summed E-state index contributed by atoms with van der Waals surface area (Å²) in [6, 6.07) is 8.16. The average Bonchev–Trinajstić information content (AvgIpc) is 2.56. The van der Waals surface area contributed by atoms with Crippen LogP contribution in [0.1, 0.15) is 18.1 Å². The molecule has 1 aliphatic rings. The lowest BCUT2D eigenvalue weighted by molar-refractivity contribution is -0.134. The van der Waals surface area contributed by atoms with Gasteiger partial charge >= 0.3 is 5.97 Å². The number of nitrogens with one attached hydrogen (secondary N) is 1. The van der Waals surface area contributed by atoms with Gasteiger partial charge in [-0.25, -0.2) is 4.79 Å². The van der Waals surface area contributed by atoms with Crippen LogP contribution in [0.4, 0.5) is 0 Å². The second-order valence-corrected chi connectivity index (χ2v) is 6.10. The van der Waals surface area contributed by atoms with Crippen LogP contribution in [0.3, 0.4) is 0 Å². The van der Waals surface area contributed by atoms with E-state index in [0.29, 0.717) is 17.9 Å². The Labute approximate surface area is 149 Å². The van der Waals surface area contributed by atoms with E-state index < -0.39 is 5.97 Å². The zero-order chi connectivity index (χ0) is 18.4. The molecule has 25 heavy (non-hydrogen) atoms. The first-order chi connectivity index (χ1) is 11.9. The van der Waals surface area contributed by atoms with E-state index in [9.17, 15) is 9.90 Å². The predicted octanol–water partition coefficient (Wildman–Crippen LogP) is 3.05. The monoisotopic (exact) mass is 339 g/mol. The Kier molecular flexibility index (Phi) is 6.19. The van der Waals surface area contributed by atoms with Gasteiger partial charge in [0.15, 0.2) is 5.70 Å². The molecule has 2 N–H and O–H groups in total. The van der Waals surface area contributed by atoms with E-state index in [-0.39, 0.29) is 5.70 Å². The molecule has 0 fully saturated rings. The number of carbonyl (C=O) groups is 1. The van der Waals surface area contributed by atoms with Crippen molar-refractivity contribution in [3.8, 4) is 0 Å². The lowest BCUT2D eigenvalue weighted by atomic mass is 10.1. The Morgan fingerprint density at radius 3 is 2.56 bits per heavy atom. The van der Waals surface area contributed by atoms with Crippen molar-refractivity contribution in [2.75, 3.05) is 14.1 Å². The summed E-state index contributed by atoms with van der Waals surface area (Å²) in [6.07, 6.45) is 7.06. The van der Waals surface area contributed by atoms with Gasteiger partial charge in [-0.3, -0.25) is 0 Å². The number of rotatable bonds is 7. The minimum Gasteiger partial charge on any atom is -0.476 e. The summed E-state index contributed by atoms with van der Waals surface area (Å²) >= 11 is 0. The van der Waals surface area contributed by atoms with Gasteiger partial charge in [-0.15, -0.1) is 0 Å². The summed E-state index contributed by atoms with van der Waals surface area (Å²) < 4.78 is 0. The van der Waals surface area contributed by atoms with Gasteiger partial charge in [-0.1, -0.05) is 36.9 Å². The van der Waals surface area contributed by atoms with Gasteiger partial charge in [0.2, 0.25) is 0 Å². The summed E-state index contributed by atoms with van der Waals surface area (Å²) in [5, 5.41) is 12.9. The minimum atomic E-state index is -0.993. The van der Waals surface area contributed by atoms with Crippen molar-refractivity contribution in [3.63, 3.8) is 0 Å². The molecule has 0 aliphatic carbocycles. The summed E-state index contributed by atoms with van der Waals surface area (Å²) in [5.41, 5.74) is 3.72. The Morgan fingerprint density at radius 1 is 1.28 bits per heavy atom. The molecule has 1 aromatic carbocycles. The number of hydrogen-bond donors (Lipinski definition) is 2. The van der Waals surface area contributed by atoms with Crippen molar-refractivity contribution in [2.24, 2.45) is 0 Å². The van der Waals surface area contributed by atoms with Crippen LogP contribution in [0.15, 0.2) is 72.4 Å². The normalized spacial score (nSPS) is 14.7. The van der Waals surface area contributed by atoms with E-state index in [2.05, 4.69) is 28.9 Å². The number of nitrogens with zero attached hydrogens (tertiary/aromatic N) is 2. The highest BCUT2D eigenvalue weighted by atomic mass is 16.4. The highest BCUT2D eigenvalue weighted by Gasteiger charge is 2.23. The molecule has 0 amide bonds. The molecule has 5 heteroatoms. The van der Waals surface area contributed by atoms with Crippen LogP contribution >= 0.6 is 0 Å². The first kappa shape index (κ1) is 18.5. The molecule has 2 rings (SSSR count). The molecule has 0 radical (unpaired) electrons. The molecule has 1 aromatic rings. The molecule has 0 unspecified atom stereocenters. The van der Waals surface area contributed by atoms with Crippen molar-refractivity contribution in [1.82, 2.24) is 15.1 Å². The van der Waals surface area contributed by atoms with Crippen molar-refractivity contribution in [3.05, 3.63) is 83.5 Å². The molecule has 0 atom stereocenters. The van der Waals surface area contributed by atoms with Crippen LogP contribution in [0, 0.1) is 0 Å². The van der Waals surface area contributed by atoms with Crippen molar-refractivity contribution < 1.29 is 9.90 Å². The predicted molar refractivity (Wildman–Crippen MR) is 100 cm³/mol. The van der Waals surface area contributed by atoms with Crippen LogP contribution in [0.2, 0.25) is 0 Å². The van der Waals surface area contributed by atoms with Gasteiger partial charge in [-0.2, -0.15) is 0 Å². The van der Waals surface area contributed by atoms with Gasteiger partial charge in [0.25, 0.3) is 0 Å². The standard InChI is InChI=1S/C20H25N3O2/c1-5-12-23-15(2)10-11-18(19(23)20(24)25)21-13-16-8-6-7-9-17(16)14-22(3)4/h5-12,21H,2,13-14H2,1,3-4H3,(H,24,25)/b12-5-. The quantitative estimate of drug-likeness (QED) is 0.800. The Hall–Kier alpha value is -2.79. The first-order valence-electron chi connectivity index (χ1n) is 8.16. The molecule has 0 bridgehead atoms. The number of aliphatic carboxylic acids is 1. The van der Waals surface area contributed by atoms with Crippen LogP contribution < -0.4 is 5.32 Å². The van der Waals surface area contributed by atoms with E-state index in [1.54, 1.807) is 29.3 Å². The van der Waals surface area contributed by atoms with Crippen molar-refractivity contribution in [1.29, 1.82) is 0 Å². The number of carboxylic acid groups (broad SMARTS) is 1. The molecule has 1 aliphatic heterocycles. The highest BCUT2D eigenvalue weighted by Crippen LogP contribution is 2.23. The molecule has 0 saturated heterocycles. The smallest absolute Gasteiger partial charge is 0.355 e. The maximum atomic E-state index is 11.8. The molecule has 5 nitrogen and oxygen atoms in total. The molecule has 1 heterocycles. The molecule has 132 valence electrons. The van der Waals surface area contributed by atoms with Gasteiger partial charge in [-0.05, 0) is 44.3 Å². The zero-order valence-corrected chi connectivity index (χ0v) is 15.0. The molecule has 0 spiro atoms. The van der Waals surface area contributed by atoms with E-state index in [0.717, 1.165) is 12.1 Å². The van der Waals surface area contributed by atoms with Gasteiger partial charge in [0.05, 0.1) is 5.70 Å². The van der Waals surface area contributed by atoms with Crippen LogP contribution in [-0.2, 0) is 17.9 Å². The average molecular weight is 339 g/mol. The fourth-order valence-electron chi connectivity index (χ4n) is 2.71. The topological polar surface area (TPSA) is 55.8 Å². The molecule has 0 aromatic heterocycles. The summed E-state index contributed by atoms with van der Waals surface area (Å²) in [5.74, 6) is -0.993. The fourth-order valence-corrected chi connectivity index (χ4v) is 2.71. The Balaban J connectivity index is 2.28. The SMILES string of the molecule is C=C1C=CC(NCc2ccccc2CN(C)C)=C(C(=O)O)N1/C=C\C. The lowest BCUT2D eigenvalue weighted by Gasteiger charge is -2.27. The fraction of sp³-hybridized carbons (Fsp3) is 0.250. The second kappa shape index (κ2) is 8.35. The van der Waals surface area contributed by atoms with Crippen molar-refractivity contribution >= 4 is 5.97 Å². The maximum absolute atomic E-state index is 11.8. The molecular weight excluding hydrogens is 314 g/mol. The lowest BCUT2D eigenvalue weighted by Crippen LogP contribution is -2.29. The van der Waals surface area contributed by atoms with Gasteiger partial charge in [0, 0.05) is 25.0 Å². The third kappa shape index (κ3) is 4.61. The van der Waals surface area contributed by atoms with Gasteiger partial charge in [0.1, 0.15) is 0 Å². The Morgan fingerprint density at radius 2 is 1.96 bits per heavy atom. The third-order valence-corrected chi connectivity index (χ3v) is 3.82. The first-order valence-corrected chi connectivity index (χ1v) is 8.16. The largest absolute Gasteiger partial charge is 0.476 e. The van der Waals surface area contributed by atoms with Crippen LogP contribution in [-0.4, -0.2) is 35.0 Å². The van der Waals surface area contributed by atoms with Gasteiger partial charge < -0.3 is 20.2 Å². The molecular formula is C20H25N3O2. The zero-order valence-electron chi connectivity index (χ0n) is 15.0. The third-order valence-electron chi connectivity index (χ3n) is 3.82. The van der Waals surface area contributed by atoms with Crippen molar-refractivity contribution in [2.45, 2.75) is 20.0 Å². The molecule has 0 saturated carbocycles. The van der Waals surface area contributed by atoms with Crippen LogP contribution in [0.25, 0.3) is 0 Å². The summed E-state index contributed by atoms with van der Waals surface area (Å²) in [7, 11) is 4.05. The van der Waals surface area contributed by atoms with E-state index >= 15 is 0 Å². The Bertz CT molecular complexity index is 745. The number of hydrogen-bond acceptors (Lipinski definition) is 4. The maximum Gasteiger partial charge on any atom is 0.355 e. The minimum absolute atomic E-state index is 0.177. The van der Waals surface area contributed by atoms with Crippen LogP contribution in [0.5, 0.6) is 0 Å². The highest BCUT2D eigenvalue weighted by molar-refractivity contribution is 5.88. The number of carboxylic acids is 1. The van der Waals surface area contributed by atoms with E-state index in [1.165, 1.54) is 5.56 Å². The summed E-state index contributed by atoms with van der Waals surface area (Å²) in [4.78, 5) is 15.5. The number of benzene rings is 1. The van der Waals surface area contributed by atoms with E-state index in [4.69, 9.17) is 0 Å².